The molecular weight excluding hydrogens is 643 g/mol. The number of rotatable bonds is 4. The second kappa shape index (κ2) is 11.9. The van der Waals surface area contributed by atoms with E-state index in [1.165, 1.54) is 54.9 Å². The summed E-state index contributed by atoms with van der Waals surface area (Å²) in [5.41, 5.74) is 13.0. The average molecular weight is 675 g/mol. The topological polar surface area (TPSA) is 18.5 Å². The summed E-state index contributed by atoms with van der Waals surface area (Å²) in [6.45, 7) is 0.0460. The van der Waals surface area contributed by atoms with Crippen molar-refractivity contribution in [1.82, 2.24) is 0 Å². The Hall–Kier alpha value is -6.84. The van der Waals surface area contributed by atoms with Gasteiger partial charge in [-0.05, 0) is 107 Å². The van der Waals surface area contributed by atoms with E-state index in [9.17, 15) is 0 Å². The standard InChI is InChI=1S/C50H31BO2/c1-3-14-32(15-4-1)48-38-20-9-10-21-39(38)49(33-16-5-2-6-17-33)41-30-34(26-28-40(41)48)36-18-7-8-19-37(36)35-27-29-43-47(31-35)53-46-25-13-24-45-50(46)51(43)42-22-11-12-23-44(42)52-45/h1-31H. The molecule has 0 spiro atoms. The Kier molecular flexibility index (Phi) is 6.68. The van der Waals surface area contributed by atoms with Crippen LogP contribution in [0.3, 0.4) is 0 Å². The van der Waals surface area contributed by atoms with Gasteiger partial charge in [-0.25, -0.2) is 0 Å². The van der Waals surface area contributed by atoms with Gasteiger partial charge in [-0.2, -0.15) is 0 Å². The minimum absolute atomic E-state index is 0.0460. The highest BCUT2D eigenvalue weighted by Gasteiger charge is 2.39. The number of benzene rings is 9. The van der Waals surface area contributed by atoms with Crippen LogP contribution >= 0.6 is 0 Å². The Bertz CT molecular complexity index is 2900. The van der Waals surface area contributed by atoms with Crippen LogP contribution in [0.1, 0.15) is 0 Å². The third-order valence-corrected chi connectivity index (χ3v) is 11.0. The maximum atomic E-state index is 6.69. The minimum Gasteiger partial charge on any atom is -0.458 e. The van der Waals surface area contributed by atoms with Crippen molar-refractivity contribution in [2.24, 2.45) is 0 Å². The van der Waals surface area contributed by atoms with Crippen molar-refractivity contribution in [2.45, 2.75) is 0 Å². The van der Waals surface area contributed by atoms with Crippen LogP contribution in [0.25, 0.3) is 66.1 Å². The summed E-state index contributed by atoms with van der Waals surface area (Å²) in [5, 5.41) is 4.99. The average Bonchev–Trinajstić information content (AvgIpc) is 3.23. The fourth-order valence-corrected chi connectivity index (χ4v) is 8.71. The molecule has 2 aliphatic heterocycles. The highest BCUT2D eigenvalue weighted by Crippen LogP contribution is 2.46. The van der Waals surface area contributed by atoms with Gasteiger partial charge in [0, 0.05) is 5.46 Å². The van der Waals surface area contributed by atoms with Crippen molar-refractivity contribution in [1.29, 1.82) is 0 Å². The first-order chi connectivity index (χ1) is 26.3. The number of hydrogen-bond donors (Lipinski definition) is 0. The maximum absolute atomic E-state index is 6.69. The first-order valence-electron chi connectivity index (χ1n) is 18.2. The molecule has 0 aliphatic carbocycles. The molecule has 0 N–H and O–H groups in total. The van der Waals surface area contributed by atoms with Crippen LogP contribution < -0.4 is 25.9 Å². The molecule has 11 rings (SSSR count). The number of para-hydroxylation sites is 1. The third kappa shape index (κ3) is 4.68. The molecule has 0 amide bonds. The van der Waals surface area contributed by atoms with E-state index >= 15 is 0 Å². The van der Waals surface area contributed by atoms with Gasteiger partial charge in [0.1, 0.15) is 23.0 Å². The van der Waals surface area contributed by atoms with Crippen molar-refractivity contribution in [3.05, 3.63) is 188 Å². The number of ether oxygens (including phenoxy) is 2. The maximum Gasteiger partial charge on any atom is 0.260 e. The molecule has 0 aromatic heterocycles. The molecule has 9 aromatic rings. The lowest BCUT2D eigenvalue weighted by Gasteiger charge is -2.33. The van der Waals surface area contributed by atoms with E-state index in [0.29, 0.717) is 0 Å². The molecule has 0 saturated heterocycles. The molecule has 246 valence electrons. The molecular formula is C50H31BO2. The fraction of sp³-hybridized carbons (Fsp3) is 0. The molecule has 2 aliphatic rings. The number of fused-ring (bicyclic) bond motifs is 6. The van der Waals surface area contributed by atoms with E-state index in [2.05, 4.69) is 170 Å². The molecule has 0 atom stereocenters. The van der Waals surface area contributed by atoms with Crippen molar-refractivity contribution >= 4 is 44.6 Å². The van der Waals surface area contributed by atoms with Gasteiger partial charge in [-0.15, -0.1) is 0 Å². The van der Waals surface area contributed by atoms with E-state index < -0.39 is 0 Å². The quantitative estimate of drug-likeness (QED) is 0.137. The molecule has 0 bridgehead atoms. The summed E-state index contributed by atoms with van der Waals surface area (Å²) >= 11 is 0. The van der Waals surface area contributed by atoms with Crippen LogP contribution in [0.15, 0.2) is 188 Å². The molecule has 0 radical (unpaired) electrons. The predicted octanol–water partition coefficient (Wildman–Crippen LogP) is 11.4. The molecule has 3 heteroatoms. The summed E-state index contributed by atoms with van der Waals surface area (Å²) in [5.74, 6) is 3.50. The highest BCUT2D eigenvalue weighted by atomic mass is 16.5. The van der Waals surface area contributed by atoms with Gasteiger partial charge in [-0.3, -0.25) is 0 Å². The van der Waals surface area contributed by atoms with Crippen LogP contribution in [0.5, 0.6) is 23.0 Å². The van der Waals surface area contributed by atoms with E-state index in [4.69, 9.17) is 9.47 Å². The predicted molar refractivity (Wildman–Crippen MR) is 221 cm³/mol. The zero-order chi connectivity index (χ0) is 34.9. The van der Waals surface area contributed by atoms with Crippen LogP contribution in [0.2, 0.25) is 0 Å². The third-order valence-electron chi connectivity index (χ3n) is 11.0. The number of hydrogen-bond acceptors (Lipinski definition) is 2. The summed E-state index contributed by atoms with van der Waals surface area (Å²) in [6, 6.07) is 67.4. The van der Waals surface area contributed by atoms with Gasteiger partial charge in [0.15, 0.2) is 0 Å². The molecule has 9 aromatic carbocycles. The molecule has 0 unspecified atom stereocenters. The summed E-state index contributed by atoms with van der Waals surface area (Å²) < 4.78 is 13.0. The normalized spacial score (nSPS) is 12.4. The SMILES string of the molecule is c1ccc(-c2c3ccccc3c(-c3ccccc3)c3cc(-c4ccccc4-c4ccc5c(c4)Oc4cccc6c4B5c4ccccc4O6)ccc23)cc1. The molecule has 53 heavy (non-hydrogen) atoms. The van der Waals surface area contributed by atoms with E-state index in [1.54, 1.807) is 0 Å². The Morgan fingerprint density at radius 3 is 1.49 bits per heavy atom. The van der Waals surface area contributed by atoms with Crippen molar-refractivity contribution in [3.63, 3.8) is 0 Å². The van der Waals surface area contributed by atoms with Crippen LogP contribution in [-0.2, 0) is 0 Å². The molecule has 2 nitrogen and oxygen atoms in total. The first kappa shape index (κ1) is 29.9. The molecule has 0 saturated carbocycles. The van der Waals surface area contributed by atoms with Crippen LogP contribution in [0.4, 0.5) is 0 Å². The Labute approximate surface area is 308 Å². The van der Waals surface area contributed by atoms with E-state index in [1.807, 2.05) is 18.2 Å². The molecule has 0 fully saturated rings. The summed E-state index contributed by atoms with van der Waals surface area (Å²) in [6.07, 6.45) is 0. The molecule has 2 heterocycles. The lowest BCUT2D eigenvalue weighted by molar-refractivity contribution is 0.464. The highest BCUT2D eigenvalue weighted by molar-refractivity contribution is 6.98. The lowest BCUT2D eigenvalue weighted by atomic mass is 9.35. The summed E-state index contributed by atoms with van der Waals surface area (Å²) in [4.78, 5) is 0. The van der Waals surface area contributed by atoms with Crippen LogP contribution in [-0.4, -0.2) is 6.71 Å². The van der Waals surface area contributed by atoms with Gasteiger partial charge < -0.3 is 9.47 Å². The Morgan fingerprint density at radius 1 is 0.302 bits per heavy atom. The van der Waals surface area contributed by atoms with E-state index in [-0.39, 0.29) is 6.71 Å². The first-order valence-corrected chi connectivity index (χ1v) is 18.2. The van der Waals surface area contributed by atoms with Gasteiger partial charge in [0.05, 0.1) is 0 Å². The van der Waals surface area contributed by atoms with Crippen molar-refractivity contribution in [3.8, 4) is 67.5 Å². The summed E-state index contributed by atoms with van der Waals surface area (Å²) in [7, 11) is 0. The zero-order valence-electron chi connectivity index (χ0n) is 28.8. The fourth-order valence-electron chi connectivity index (χ4n) is 8.71. The Morgan fingerprint density at radius 2 is 0.792 bits per heavy atom. The van der Waals surface area contributed by atoms with E-state index in [0.717, 1.165) is 50.5 Å². The van der Waals surface area contributed by atoms with Gasteiger partial charge in [0.2, 0.25) is 0 Å². The second-order valence-electron chi connectivity index (χ2n) is 13.9. The second-order valence-corrected chi connectivity index (χ2v) is 13.9. The van der Waals surface area contributed by atoms with Gasteiger partial charge >= 0.3 is 0 Å². The monoisotopic (exact) mass is 674 g/mol. The zero-order valence-corrected chi connectivity index (χ0v) is 28.8. The van der Waals surface area contributed by atoms with Gasteiger partial charge in [-0.1, -0.05) is 158 Å². The van der Waals surface area contributed by atoms with Crippen LogP contribution in [0, 0.1) is 0 Å². The largest absolute Gasteiger partial charge is 0.458 e. The van der Waals surface area contributed by atoms with Crippen molar-refractivity contribution < 1.29 is 9.47 Å². The van der Waals surface area contributed by atoms with Gasteiger partial charge in [0.25, 0.3) is 6.71 Å². The Balaban J connectivity index is 1.11. The lowest BCUT2D eigenvalue weighted by Crippen LogP contribution is -2.57. The van der Waals surface area contributed by atoms with Crippen molar-refractivity contribution in [2.75, 3.05) is 0 Å². The smallest absolute Gasteiger partial charge is 0.260 e. The minimum atomic E-state index is 0.0460.